The molecule has 2 saturated heterocycles. The van der Waals surface area contributed by atoms with Crippen molar-refractivity contribution < 1.29 is 45.4 Å². The zero-order chi connectivity index (χ0) is 29.1. The number of alkyl halides is 6. The van der Waals surface area contributed by atoms with Crippen LogP contribution in [-0.2, 0) is 12.4 Å². The van der Waals surface area contributed by atoms with Gasteiger partial charge in [0.15, 0.2) is 0 Å². The molecule has 2 aliphatic heterocycles. The Morgan fingerprint density at radius 3 is 1.90 bits per heavy atom. The van der Waals surface area contributed by atoms with E-state index in [2.05, 4.69) is 0 Å². The van der Waals surface area contributed by atoms with Gasteiger partial charge in [-0.05, 0) is 41.3 Å². The van der Waals surface area contributed by atoms with Crippen LogP contribution in [0.1, 0.15) is 43.4 Å². The standard InChI is InChI=1S/C26H26F7N3O3/c1-24(2,3)21-20(19(13-36(21)23(38)39)14-4-6-17(27)7-5-14)35-9-8-34(22(35)37)18-11-15(25(28,29)30)10-16(12-18)26(31,32)33/h4-7,10-12,19-21H,8-9,13H2,1-3H3,(H,38,39)/t19-,20-,21?/m0/s1. The summed E-state index contributed by atoms with van der Waals surface area (Å²) in [5.41, 5.74) is -3.83. The molecule has 39 heavy (non-hydrogen) atoms. The van der Waals surface area contributed by atoms with Crippen molar-refractivity contribution in [3.63, 3.8) is 0 Å². The zero-order valence-electron chi connectivity index (χ0n) is 21.1. The van der Waals surface area contributed by atoms with Crippen LogP contribution in [0.4, 0.5) is 46.0 Å². The van der Waals surface area contributed by atoms with Crippen LogP contribution in [0.2, 0.25) is 0 Å². The fourth-order valence-electron chi connectivity index (χ4n) is 5.58. The number of benzene rings is 2. The molecule has 1 N–H and O–H groups in total. The molecule has 2 heterocycles. The van der Waals surface area contributed by atoms with E-state index in [-0.39, 0.29) is 25.7 Å². The first-order valence-corrected chi connectivity index (χ1v) is 12.0. The zero-order valence-corrected chi connectivity index (χ0v) is 21.1. The number of amides is 3. The van der Waals surface area contributed by atoms with Crippen LogP contribution in [-0.4, -0.2) is 58.7 Å². The minimum absolute atomic E-state index is 0.0102. The van der Waals surface area contributed by atoms with Gasteiger partial charge < -0.3 is 14.9 Å². The summed E-state index contributed by atoms with van der Waals surface area (Å²) in [6, 6.07) is 3.87. The van der Waals surface area contributed by atoms with Crippen LogP contribution < -0.4 is 4.90 Å². The molecule has 2 aliphatic rings. The van der Waals surface area contributed by atoms with Crippen molar-refractivity contribution in [1.82, 2.24) is 9.80 Å². The Morgan fingerprint density at radius 2 is 1.44 bits per heavy atom. The van der Waals surface area contributed by atoms with Crippen molar-refractivity contribution in [1.29, 1.82) is 0 Å². The topological polar surface area (TPSA) is 64.1 Å². The average molecular weight is 561 g/mol. The van der Waals surface area contributed by atoms with Gasteiger partial charge >= 0.3 is 24.5 Å². The summed E-state index contributed by atoms with van der Waals surface area (Å²) in [6.07, 6.45) is -11.4. The van der Waals surface area contributed by atoms with Crippen LogP contribution in [0.5, 0.6) is 0 Å². The van der Waals surface area contributed by atoms with Gasteiger partial charge in [0.25, 0.3) is 0 Å². The number of likely N-dealkylation sites (tertiary alicyclic amines) is 1. The van der Waals surface area contributed by atoms with Gasteiger partial charge in [0, 0.05) is 31.2 Å². The summed E-state index contributed by atoms with van der Waals surface area (Å²) < 4.78 is 94.3. The molecule has 13 heteroatoms. The highest BCUT2D eigenvalue weighted by Gasteiger charge is 2.54. The van der Waals surface area contributed by atoms with Crippen LogP contribution in [0.3, 0.4) is 0 Å². The second-order valence-electron chi connectivity index (χ2n) is 10.8. The Labute approximate surface area is 219 Å². The van der Waals surface area contributed by atoms with Crippen molar-refractivity contribution in [2.24, 2.45) is 5.41 Å². The molecule has 0 saturated carbocycles. The summed E-state index contributed by atoms with van der Waals surface area (Å²) in [5.74, 6) is -1.15. The van der Waals surface area contributed by atoms with Crippen LogP contribution in [0, 0.1) is 11.2 Å². The fourth-order valence-corrected chi connectivity index (χ4v) is 5.58. The van der Waals surface area contributed by atoms with E-state index in [0.717, 1.165) is 4.90 Å². The number of hydrogen-bond acceptors (Lipinski definition) is 2. The van der Waals surface area contributed by atoms with Crippen molar-refractivity contribution in [3.05, 3.63) is 65.0 Å². The predicted octanol–water partition coefficient (Wildman–Crippen LogP) is 6.67. The molecule has 212 valence electrons. The Balaban J connectivity index is 1.78. The summed E-state index contributed by atoms with van der Waals surface area (Å²) in [6.45, 7) is 4.99. The molecule has 6 nitrogen and oxygen atoms in total. The maximum atomic E-state index is 13.7. The van der Waals surface area contributed by atoms with Gasteiger partial charge in [-0.3, -0.25) is 4.90 Å². The number of carbonyl (C=O) groups is 2. The molecule has 3 amide bonds. The van der Waals surface area contributed by atoms with E-state index in [0.29, 0.717) is 17.7 Å². The maximum absolute atomic E-state index is 13.7. The Bertz CT molecular complexity index is 1220. The third-order valence-corrected chi connectivity index (χ3v) is 7.18. The van der Waals surface area contributed by atoms with E-state index in [1.807, 2.05) is 0 Å². The molecule has 0 bridgehead atoms. The SMILES string of the molecule is CC(C)(C)C1[C@@H](N2CCN(c3cc(C(F)(F)F)cc(C(F)(F)F)c3)C2=O)[C@H](c2ccc(F)cc2)CN1C(=O)O. The quantitative estimate of drug-likeness (QED) is 0.426. The van der Waals surface area contributed by atoms with E-state index >= 15 is 0 Å². The molecule has 2 fully saturated rings. The highest BCUT2D eigenvalue weighted by atomic mass is 19.4. The summed E-state index contributed by atoms with van der Waals surface area (Å²) in [5, 5.41) is 9.96. The predicted molar refractivity (Wildman–Crippen MR) is 127 cm³/mol. The van der Waals surface area contributed by atoms with Gasteiger partial charge in [-0.1, -0.05) is 32.9 Å². The largest absolute Gasteiger partial charge is 0.465 e. The van der Waals surface area contributed by atoms with Crippen molar-refractivity contribution in [2.45, 2.75) is 51.1 Å². The highest BCUT2D eigenvalue weighted by Crippen LogP contribution is 2.45. The third-order valence-electron chi connectivity index (χ3n) is 7.18. The van der Waals surface area contributed by atoms with Crippen LogP contribution in [0.25, 0.3) is 0 Å². The number of carbonyl (C=O) groups excluding carboxylic acids is 1. The fraction of sp³-hybridized carbons (Fsp3) is 0.462. The minimum atomic E-state index is -5.09. The Morgan fingerprint density at radius 1 is 0.897 bits per heavy atom. The molecule has 0 radical (unpaired) electrons. The van der Waals surface area contributed by atoms with Gasteiger partial charge in [0.05, 0.1) is 23.2 Å². The number of nitrogens with zero attached hydrogens (tertiary/aromatic N) is 3. The number of halogens is 7. The summed E-state index contributed by atoms with van der Waals surface area (Å²) in [4.78, 5) is 29.2. The lowest BCUT2D eigenvalue weighted by molar-refractivity contribution is -0.143. The van der Waals surface area contributed by atoms with E-state index in [1.54, 1.807) is 20.8 Å². The highest BCUT2D eigenvalue weighted by molar-refractivity contribution is 5.95. The number of rotatable bonds is 3. The molecule has 2 aromatic rings. The number of anilines is 1. The molecule has 0 spiro atoms. The molecular formula is C26H26F7N3O3. The monoisotopic (exact) mass is 561 g/mol. The Kier molecular flexibility index (Phi) is 7.01. The third kappa shape index (κ3) is 5.48. The molecule has 1 unspecified atom stereocenters. The Hall–Kier alpha value is -3.51. The van der Waals surface area contributed by atoms with Crippen LogP contribution >= 0.6 is 0 Å². The van der Waals surface area contributed by atoms with Crippen LogP contribution in [0.15, 0.2) is 42.5 Å². The average Bonchev–Trinajstić information content (AvgIpc) is 3.39. The van der Waals surface area contributed by atoms with E-state index < -0.39 is 70.5 Å². The minimum Gasteiger partial charge on any atom is -0.465 e. The summed E-state index contributed by atoms with van der Waals surface area (Å²) >= 11 is 0. The number of urea groups is 1. The van der Waals surface area contributed by atoms with Crippen molar-refractivity contribution in [3.8, 4) is 0 Å². The smallest absolute Gasteiger partial charge is 0.416 e. The second kappa shape index (κ2) is 9.60. The molecule has 3 atom stereocenters. The lowest BCUT2D eigenvalue weighted by Gasteiger charge is -2.41. The van der Waals surface area contributed by atoms with E-state index in [1.165, 1.54) is 34.1 Å². The van der Waals surface area contributed by atoms with Gasteiger partial charge in [-0.2, -0.15) is 26.3 Å². The number of carboxylic acid groups (broad SMARTS) is 1. The van der Waals surface area contributed by atoms with E-state index in [9.17, 15) is 45.4 Å². The summed E-state index contributed by atoms with van der Waals surface area (Å²) in [7, 11) is 0. The molecule has 4 rings (SSSR count). The van der Waals surface area contributed by atoms with Gasteiger partial charge in [-0.15, -0.1) is 0 Å². The molecule has 2 aromatic carbocycles. The van der Waals surface area contributed by atoms with E-state index in [4.69, 9.17) is 0 Å². The van der Waals surface area contributed by atoms with Gasteiger partial charge in [0.2, 0.25) is 0 Å². The van der Waals surface area contributed by atoms with Gasteiger partial charge in [-0.25, -0.2) is 14.0 Å². The lowest BCUT2D eigenvalue weighted by atomic mass is 9.78. The first-order valence-electron chi connectivity index (χ1n) is 12.0. The molecule has 0 aromatic heterocycles. The molecular weight excluding hydrogens is 535 g/mol. The number of hydrogen-bond donors (Lipinski definition) is 1. The second-order valence-corrected chi connectivity index (χ2v) is 10.8. The van der Waals surface area contributed by atoms with Gasteiger partial charge in [0.1, 0.15) is 5.82 Å². The first-order chi connectivity index (χ1) is 17.9. The maximum Gasteiger partial charge on any atom is 0.416 e. The van der Waals surface area contributed by atoms with Crippen molar-refractivity contribution in [2.75, 3.05) is 24.5 Å². The lowest BCUT2D eigenvalue weighted by Crippen LogP contribution is -2.54. The molecule has 0 aliphatic carbocycles. The normalized spacial score (nSPS) is 22.7. The first kappa shape index (κ1) is 28.5. The van der Waals surface area contributed by atoms with Crippen molar-refractivity contribution >= 4 is 17.8 Å².